The van der Waals surface area contributed by atoms with Gasteiger partial charge in [0.15, 0.2) is 5.12 Å². The van der Waals surface area contributed by atoms with Gasteiger partial charge in [0.2, 0.25) is 0 Å². The van der Waals surface area contributed by atoms with E-state index in [1.165, 1.54) is 0 Å². The minimum absolute atomic E-state index is 0.0590. The molecule has 0 N–H and O–H groups in total. The van der Waals surface area contributed by atoms with Crippen molar-refractivity contribution in [1.82, 2.24) is 0 Å². The van der Waals surface area contributed by atoms with E-state index in [1.807, 2.05) is 18.2 Å². The van der Waals surface area contributed by atoms with Crippen molar-refractivity contribution < 1.29 is 19.1 Å². The molecule has 0 spiro atoms. The van der Waals surface area contributed by atoms with Gasteiger partial charge >= 0.3 is 5.97 Å². The Balaban J connectivity index is 2.42. The van der Waals surface area contributed by atoms with Crippen LogP contribution < -0.4 is 4.74 Å². The minimum Gasteiger partial charge on any atom is -0.497 e. The summed E-state index contributed by atoms with van der Waals surface area (Å²) in [5.74, 6) is 0.371. The van der Waals surface area contributed by atoms with E-state index in [0.29, 0.717) is 12.4 Å². The number of carbonyl (C=O) groups excluding carboxylic acids is 2. The van der Waals surface area contributed by atoms with Crippen LogP contribution in [0.25, 0.3) is 0 Å². The Labute approximate surface area is 111 Å². The van der Waals surface area contributed by atoms with E-state index in [0.717, 1.165) is 16.7 Å². The van der Waals surface area contributed by atoms with Crippen LogP contribution in [0, 0.1) is 0 Å². The average Bonchev–Trinajstić information content (AvgIpc) is 2.37. The van der Waals surface area contributed by atoms with Gasteiger partial charge in [0.1, 0.15) is 5.75 Å². The number of benzene rings is 1. The lowest BCUT2D eigenvalue weighted by molar-refractivity contribution is -0.143. The van der Waals surface area contributed by atoms with E-state index in [4.69, 9.17) is 9.47 Å². The fourth-order valence-electron chi connectivity index (χ4n) is 1.28. The van der Waals surface area contributed by atoms with Crippen LogP contribution >= 0.6 is 11.8 Å². The van der Waals surface area contributed by atoms with Crippen LogP contribution in [-0.4, -0.2) is 24.8 Å². The second kappa shape index (κ2) is 7.76. The Kier molecular flexibility index (Phi) is 6.28. The van der Waals surface area contributed by atoms with E-state index >= 15 is 0 Å². The number of hydrogen-bond acceptors (Lipinski definition) is 5. The highest BCUT2D eigenvalue weighted by Crippen LogP contribution is 2.24. The van der Waals surface area contributed by atoms with E-state index in [9.17, 15) is 9.59 Å². The zero-order valence-electron chi connectivity index (χ0n) is 10.5. The second-order valence-corrected chi connectivity index (χ2v) is 4.59. The molecule has 5 heteroatoms. The third-order valence-corrected chi connectivity index (χ3v) is 3.03. The normalized spacial score (nSPS) is 9.89. The fourth-order valence-corrected chi connectivity index (χ4v) is 2.07. The molecular formula is C13H16O4S. The number of hydrogen-bond donors (Lipinski definition) is 0. The van der Waals surface area contributed by atoms with Crippen molar-refractivity contribution in [2.75, 3.05) is 13.7 Å². The van der Waals surface area contributed by atoms with E-state index in [1.54, 1.807) is 20.1 Å². The van der Waals surface area contributed by atoms with Gasteiger partial charge < -0.3 is 9.47 Å². The van der Waals surface area contributed by atoms with Crippen LogP contribution in [0.5, 0.6) is 5.75 Å². The first-order chi connectivity index (χ1) is 8.65. The maximum atomic E-state index is 11.6. The molecule has 98 valence electrons. The first-order valence-corrected chi connectivity index (χ1v) is 6.47. The standard InChI is InChI=1S/C13H16O4S/c1-3-17-12(14)7-8-13(15)18-11-6-4-5-10(9-11)16-2/h4-6,9H,3,7-8H2,1-2H3. The van der Waals surface area contributed by atoms with Gasteiger partial charge in [-0.05, 0) is 25.1 Å². The third-order valence-electron chi connectivity index (χ3n) is 2.11. The van der Waals surface area contributed by atoms with Crippen LogP contribution in [0.3, 0.4) is 0 Å². The van der Waals surface area contributed by atoms with Gasteiger partial charge in [-0.3, -0.25) is 9.59 Å². The first-order valence-electron chi connectivity index (χ1n) is 5.66. The van der Waals surface area contributed by atoms with E-state index in [2.05, 4.69) is 0 Å². The summed E-state index contributed by atoms with van der Waals surface area (Å²) in [6, 6.07) is 7.25. The average molecular weight is 268 g/mol. The predicted molar refractivity (Wildman–Crippen MR) is 69.7 cm³/mol. The van der Waals surface area contributed by atoms with Crippen LogP contribution in [0.1, 0.15) is 19.8 Å². The minimum atomic E-state index is -0.336. The van der Waals surface area contributed by atoms with Crippen molar-refractivity contribution in [3.8, 4) is 5.75 Å². The Morgan fingerprint density at radius 1 is 1.28 bits per heavy atom. The van der Waals surface area contributed by atoms with Crippen LogP contribution in [0.4, 0.5) is 0 Å². The van der Waals surface area contributed by atoms with Crippen molar-refractivity contribution >= 4 is 22.8 Å². The zero-order chi connectivity index (χ0) is 13.4. The quantitative estimate of drug-likeness (QED) is 0.586. The number of ether oxygens (including phenoxy) is 2. The van der Waals surface area contributed by atoms with Crippen molar-refractivity contribution in [2.24, 2.45) is 0 Å². The fraction of sp³-hybridized carbons (Fsp3) is 0.385. The van der Waals surface area contributed by atoms with E-state index in [-0.39, 0.29) is 23.9 Å². The van der Waals surface area contributed by atoms with Gasteiger partial charge in [0, 0.05) is 11.3 Å². The molecule has 0 aromatic heterocycles. The molecule has 0 fully saturated rings. The van der Waals surface area contributed by atoms with Gasteiger partial charge in [0.25, 0.3) is 0 Å². The number of thioether (sulfide) groups is 1. The van der Waals surface area contributed by atoms with Gasteiger partial charge in [-0.1, -0.05) is 17.8 Å². The summed E-state index contributed by atoms with van der Waals surface area (Å²) in [5, 5.41) is -0.0590. The number of esters is 1. The molecule has 1 rings (SSSR count). The van der Waals surface area contributed by atoms with Crippen LogP contribution in [-0.2, 0) is 14.3 Å². The molecule has 0 atom stereocenters. The van der Waals surface area contributed by atoms with Crippen molar-refractivity contribution in [3.05, 3.63) is 24.3 Å². The van der Waals surface area contributed by atoms with Crippen molar-refractivity contribution in [2.45, 2.75) is 24.7 Å². The van der Waals surface area contributed by atoms with E-state index < -0.39 is 0 Å². The molecule has 0 saturated heterocycles. The highest BCUT2D eigenvalue weighted by atomic mass is 32.2. The Morgan fingerprint density at radius 3 is 2.72 bits per heavy atom. The molecule has 18 heavy (non-hydrogen) atoms. The molecular weight excluding hydrogens is 252 g/mol. The summed E-state index contributed by atoms with van der Waals surface area (Å²) >= 11 is 1.11. The molecule has 0 aliphatic carbocycles. The summed E-state index contributed by atoms with van der Waals surface area (Å²) in [5.41, 5.74) is 0. The highest BCUT2D eigenvalue weighted by molar-refractivity contribution is 8.13. The molecule has 0 saturated carbocycles. The summed E-state index contributed by atoms with van der Waals surface area (Å²) in [7, 11) is 1.58. The maximum absolute atomic E-state index is 11.6. The molecule has 0 aliphatic heterocycles. The summed E-state index contributed by atoms with van der Waals surface area (Å²) in [6.45, 7) is 2.08. The topological polar surface area (TPSA) is 52.6 Å². The zero-order valence-corrected chi connectivity index (χ0v) is 11.3. The third kappa shape index (κ3) is 5.23. The molecule has 0 radical (unpaired) electrons. The first kappa shape index (κ1) is 14.6. The SMILES string of the molecule is CCOC(=O)CCC(=O)Sc1cccc(OC)c1. The summed E-state index contributed by atoms with van der Waals surface area (Å²) in [6.07, 6.45) is 0.310. The largest absolute Gasteiger partial charge is 0.497 e. The number of carbonyl (C=O) groups is 2. The van der Waals surface area contributed by atoms with Gasteiger partial charge in [-0.15, -0.1) is 0 Å². The lowest BCUT2D eigenvalue weighted by atomic mass is 10.3. The van der Waals surface area contributed by atoms with Crippen LogP contribution in [0.2, 0.25) is 0 Å². The Morgan fingerprint density at radius 2 is 2.06 bits per heavy atom. The second-order valence-electron chi connectivity index (χ2n) is 3.46. The smallest absolute Gasteiger partial charge is 0.306 e. The molecule has 1 aromatic rings. The lowest BCUT2D eigenvalue weighted by Gasteiger charge is -2.03. The molecule has 0 bridgehead atoms. The molecule has 4 nitrogen and oxygen atoms in total. The summed E-state index contributed by atoms with van der Waals surface area (Å²) < 4.78 is 9.83. The lowest BCUT2D eigenvalue weighted by Crippen LogP contribution is -2.05. The molecule has 0 unspecified atom stereocenters. The number of methoxy groups -OCH3 is 1. The monoisotopic (exact) mass is 268 g/mol. The van der Waals surface area contributed by atoms with Gasteiger partial charge in [-0.25, -0.2) is 0 Å². The van der Waals surface area contributed by atoms with Crippen molar-refractivity contribution in [1.29, 1.82) is 0 Å². The van der Waals surface area contributed by atoms with Gasteiger partial charge in [-0.2, -0.15) is 0 Å². The molecule has 0 aliphatic rings. The Hall–Kier alpha value is -1.49. The van der Waals surface area contributed by atoms with Crippen LogP contribution in [0.15, 0.2) is 29.2 Å². The molecule has 1 aromatic carbocycles. The maximum Gasteiger partial charge on any atom is 0.306 e. The van der Waals surface area contributed by atoms with Crippen molar-refractivity contribution in [3.63, 3.8) is 0 Å². The predicted octanol–water partition coefficient (Wildman–Crippen LogP) is 2.66. The Bertz CT molecular complexity index is 417. The highest BCUT2D eigenvalue weighted by Gasteiger charge is 2.09. The number of rotatable bonds is 6. The van der Waals surface area contributed by atoms with Gasteiger partial charge in [0.05, 0.1) is 20.1 Å². The molecule has 0 heterocycles. The summed E-state index contributed by atoms with van der Waals surface area (Å²) in [4.78, 5) is 23.5. The molecule has 0 amide bonds.